The van der Waals surface area contributed by atoms with E-state index in [1.54, 1.807) is 34.9 Å². The van der Waals surface area contributed by atoms with Crippen LogP contribution in [0.1, 0.15) is 43.9 Å². The van der Waals surface area contributed by atoms with Gasteiger partial charge in [0.25, 0.3) is 0 Å². The van der Waals surface area contributed by atoms with Crippen LogP contribution in [0.25, 0.3) is 0 Å². The van der Waals surface area contributed by atoms with Crippen LogP contribution in [0, 0.1) is 0 Å². The molecule has 0 heterocycles. The first-order valence-electron chi connectivity index (χ1n) is 12.3. The van der Waals surface area contributed by atoms with Crippen LogP contribution in [0.4, 0.5) is 0 Å². The second-order valence-electron chi connectivity index (χ2n) is 9.95. The maximum Gasteiger partial charge on any atom is 0.243 e. The van der Waals surface area contributed by atoms with Gasteiger partial charge >= 0.3 is 0 Å². The smallest absolute Gasteiger partial charge is 0.243 e. The second-order valence-corrected chi connectivity index (χ2v) is 11.9. The number of thioether (sulfide) groups is 1. The van der Waals surface area contributed by atoms with Crippen LogP contribution in [-0.4, -0.2) is 34.0 Å². The molecule has 0 aliphatic carbocycles. The maximum absolute atomic E-state index is 13.7. The van der Waals surface area contributed by atoms with Gasteiger partial charge in [0.05, 0.1) is 0 Å². The van der Waals surface area contributed by atoms with Crippen LogP contribution in [0.2, 0.25) is 10.0 Å². The van der Waals surface area contributed by atoms with Crippen molar-refractivity contribution in [2.45, 2.75) is 57.5 Å². The molecule has 3 rings (SSSR count). The molecule has 0 radical (unpaired) electrons. The lowest BCUT2D eigenvalue weighted by Crippen LogP contribution is -2.54. The van der Waals surface area contributed by atoms with E-state index >= 15 is 0 Å². The van der Waals surface area contributed by atoms with Crippen molar-refractivity contribution in [1.29, 1.82) is 0 Å². The highest BCUT2D eigenvalue weighted by molar-refractivity contribution is 7.98. The largest absolute Gasteiger partial charge is 0.350 e. The lowest BCUT2D eigenvalue weighted by Gasteiger charge is -2.34. The zero-order valence-corrected chi connectivity index (χ0v) is 23.9. The molecule has 0 aliphatic rings. The molecule has 3 aromatic carbocycles. The quantitative estimate of drug-likeness (QED) is 0.254. The minimum atomic E-state index is -0.722. The molecule has 196 valence electrons. The van der Waals surface area contributed by atoms with Crippen molar-refractivity contribution in [3.05, 3.63) is 106 Å². The molecule has 0 unspecified atom stereocenters. The van der Waals surface area contributed by atoms with Gasteiger partial charge in [-0.25, -0.2) is 0 Å². The number of carbonyl (C=O) groups excluding carboxylic acids is 2. The standard InChI is InChI=1S/C30H34Cl2N2O2S/c1-30(2,3)33-29(36)27(19-22-11-6-4-7-12-22)34(20-24-25(31)15-10-16-26(24)32)28(35)17-18-37-21-23-13-8-5-9-14-23/h4-16,27H,17-21H2,1-3H3,(H,33,36)/t27-/m0/s1. The van der Waals surface area contributed by atoms with E-state index in [2.05, 4.69) is 17.4 Å². The highest BCUT2D eigenvalue weighted by Crippen LogP contribution is 2.28. The fourth-order valence-electron chi connectivity index (χ4n) is 3.93. The molecular formula is C30H34Cl2N2O2S. The van der Waals surface area contributed by atoms with Crippen molar-refractivity contribution < 1.29 is 9.59 Å². The Morgan fingerprint density at radius 1 is 0.865 bits per heavy atom. The molecule has 0 fully saturated rings. The summed E-state index contributed by atoms with van der Waals surface area (Å²) in [6.45, 7) is 5.95. The lowest BCUT2D eigenvalue weighted by atomic mass is 10.0. The molecule has 0 aliphatic heterocycles. The van der Waals surface area contributed by atoms with E-state index in [9.17, 15) is 9.59 Å². The van der Waals surface area contributed by atoms with Gasteiger partial charge in [-0.3, -0.25) is 9.59 Å². The Hall–Kier alpha value is -2.47. The van der Waals surface area contributed by atoms with Crippen molar-refractivity contribution >= 4 is 46.8 Å². The summed E-state index contributed by atoms with van der Waals surface area (Å²) in [5.41, 5.74) is 2.37. The lowest BCUT2D eigenvalue weighted by molar-refractivity contribution is -0.141. The van der Waals surface area contributed by atoms with E-state index in [0.29, 0.717) is 34.2 Å². The minimum Gasteiger partial charge on any atom is -0.350 e. The molecular weight excluding hydrogens is 523 g/mol. The van der Waals surface area contributed by atoms with E-state index in [1.807, 2.05) is 69.3 Å². The molecule has 4 nitrogen and oxygen atoms in total. The number of nitrogens with one attached hydrogen (secondary N) is 1. The Balaban J connectivity index is 1.87. The third-order valence-electron chi connectivity index (χ3n) is 5.73. The molecule has 3 aromatic rings. The van der Waals surface area contributed by atoms with E-state index < -0.39 is 11.6 Å². The highest BCUT2D eigenvalue weighted by atomic mass is 35.5. The first-order chi connectivity index (χ1) is 17.6. The van der Waals surface area contributed by atoms with Gasteiger partial charge in [0.2, 0.25) is 11.8 Å². The van der Waals surface area contributed by atoms with Crippen LogP contribution in [-0.2, 0) is 28.3 Å². The van der Waals surface area contributed by atoms with Crippen LogP contribution in [0.5, 0.6) is 0 Å². The molecule has 0 saturated carbocycles. The summed E-state index contributed by atoms with van der Waals surface area (Å²) in [5, 5.41) is 4.02. The summed E-state index contributed by atoms with van der Waals surface area (Å²) >= 11 is 14.7. The number of amides is 2. The predicted octanol–water partition coefficient (Wildman–Crippen LogP) is 7.17. The fourth-order valence-corrected chi connectivity index (χ4v) is 5.34. The minimum absolute atomic E-state index is 0.110. The van der Waals surface area contributed by atoms with Crippen molar-refractivity contribution in [2.24, 2.45) is 0 Å². The average molecular weight is 558 g/mol. The van der Waals surface area contributed by atoms with Gasteiger partial charge in [0, 0.05) is 52.0 Å². The molecule has 1 atom stereocenters. The van der Waals surface area contributed by atoms with Gasteiger partial charge in [-0.1, -0.05) is 89.9 Å². The zero-order chi connectivity index (χ0) is 26.8. The zero-order valence-electron chi connectivity index (χ0n) is 21.5. The molecule has 2 amide bonds. The Bertz CT molecular complexity index is 1150. The summed E-state index contributed by atoms with van der Waals surface area (Å²) in [7, 11) is 0. The average Bonchev–Trinajstić information content (AvgIpc) is 2.85. The number of hydrogen-bond donors (Lipinski definition) is 1. The second kappa shape index (κ2) is 13.9. The van der Waals surface area contributed by atoms with E-state index in [-0.39, 0.29) is 18.4 Å². The van der Waals surface area contributed by atoms with Gasteiger partial charge in [0.1, 0.15) is 6.04 Å². The first-order valence-corrected chi connectivity index (χ1v) is 14.2. The van der Waals surface area contributed by atoms with Gasteiger partial charge in [0.15, 0.2) is 0 Å². The third-order valence-corrected chi connectivity index (χ3v) is 7.47. The van der Waals surface area contributed by atoms with E-state index in [1.165, 1.54) is 5.56 Å². The van der Waals surface area contributed by atoms with Gasteiger partial charge in [-0.15, -0.1) is 0 Å². The molecule has 7 heteroatoms. The molecule has 0 bridgehead atoms. The van der Waals surface area contributed by atoms with Crippen molar-refractivity contribution in [1.82, 2.24) is 10.2 Å². The topological polar surface area (TPSA) is 49.4 Å². The van der Waals surface area contributed by atoms with Gasteiger partial charge < -0.3 is 10.2 Å². The Labute approximate surface area is 234 Å². The number of nitrogens with zero attached hydrogens (tertiary/aromatic N) is 1. The van der Waals surface area contributed by atoms with Crippen LogP contribution < -0.4 is 5.32 Å². The Morgan fingerprint density at radius 3 is 2.00 bits per heavy atom. The highest BCUT2D eigenvalue weighted by Gasteiger charge is 2.32. The first kappa shape index (κ1) is 29.1. The number of carbonyl (C=O) groups is 2. The Kier molecular flexibility index (Phi) is 10.9. The van der Waals surface area contributed by atoms with E-state index in [4.69, 9.17) is 23.2 Å². The molecule has 0 aromatic heterocycles. The molecule has 1 N–H and O–H groups in total. The normalized spacial score (nSPS) is 12.1. The van der Waals surface area contributed by atoms with Crippen LogP contribution in [0.15, 0.2) is 78.9 Å². The summed E-state index contributed by atoms with van der Waals surface area (Å²) in [6, 6.07) is 24.5. The van der Waals surface area contributed by atoms with Crippen molar-refractivity contribution in [3.63, 3.8) is 0 Å². The Morgan fingerprint density at radius 2 is 1.43 bits per heavy atom. The molecule has 0 spiro atoms. The monoisotopic (exact) mass is 556 g/mol. The predicted molar refractivity (Wildman–Crippen MR) is 156 cm³/mol. The SMILES string of the molecule is CC(C)(C)NC(=O)[C@H](Cc1ccccc1)N(Cc1c(Cl)cccc1Cl)C(=O)CCSCc1ccccc1. The number of benzene rings is 3. The summed E-state index contributed by atoms with van der Waals surface area (Å²) in [5.74, 6) is 1.15. The summed E-state index contributed by atoms with van der Waals surface area (Å²) < 4.78 is 0. The number of halogens is 2. The van der Waals surface area contributed by atoms with Crippen LogP contribution >= 0.6 is 35.0 Å². The van der Waals surface area contributed by atoms with E-state index in [0.717, 1.165) is 11.3 Å². The molecule has 0 saturated heterocycles. The molecule has 37 heavy (non-hydrogen) atoms. The van der Waals surface area contributed by atoms with Gasteiger partial charge in [-0.2, -0.15) is 11.8 Å². The number of hydrogen-bond acceptors (Lipinski definition) is 3. The van der Waals surface area contributed by atoms with Gasteiger partial charge in [-0.05, 0) is 44.0 Å². The number of rotatable bonds is 11. The van der Waals surface area contributed by atoms with Crippen LogP contribution in [0.3, 0.4) is 0 Å². The fraction of sp³-hybridized carbons (Fsp3) is 0.333. The van der Waals surface area contributed by atoms with Crippen molar-refractivity contribution in [3.8, 4) is 0 Å². The maximum atomic E-state index is 13.7. The summed E-state index contributed by atoms with van der Waals surface area (Å²) in [6.07, 6.45) is 0.682. The summed E-state index contributed by atoms with van der Waals surface area (Å²) in [4.78, 5) is 29.0. The third kappa shape index (κ3) is 9.41. The van der Waals surface area contributed by atoms with Crippen molar-refractivity contribution in [2.75, 3.05) is 5.75 Å².